The van der Waals surface area contributed by atoms with Crippen molar-refractivity contribution in [3.8, 4) is 0 Å². The van der Waals surface area contributed by atoms with Crippen LogP contribution < -0.4 is 15.5 Å². The summed E-state index contributed by atoms with van der Waals surface area (Å²) in [6, 6.07) is 5.72. The van der Waals surface area contributed by atoms with Crippen molar-refractivity contribution in [2.24, 2.45) is 15.4 Å². The van der Waals surface area contributed by atoms with Gasteiger partial charge in [-0.1, -0.05) is 32.8 Å². The average Bonchev–Trinajstić information content (AvgIpc) is 3.11. The zero-order valence-corrected chi connectivity index (χ0v) is 14.9. The van der Waals surface area contributed by atoms with Crippen LogP contribution in [0.2, 0.25) is 0 Å². The monoisotopic (exact) mass is 337 g/mol. The van der Waals surface area contributed by atoms with Crippen LogP contribution in [0.5, 0.6) is 0 Å². The molecule has 2 aliphatic heterocycles. The van der Waals surface area contributed by atoms with Crippen LogP contribution in [-0.2, 0) is 0 Å². The van der Waals surface area contributed by atoms with Crippen molar-refractivity contribution in [1.29, 1.82) is 0 Å². The number of anilines is 1. The standard InChI is InChI=1S/C20H23N3O2/c1-19(2)10-4-5-11-20(19,3)23(18(24)25)15-8-6-7-14-16(15)13-9-12-21-17(13)22-14/h6-9,12H,4-5,10-11H2,1-3H3,(H,24,25). The van der Waals surface area contributed by atoms with E-state index in [0.29, 0.717) is 5.84 Å². The molecule has 130 valence electrons. The summed E-state index contributed by atoms with van der Waals surface area (Å²) in [5.74, 6) is 0.681. The van der Waals surface area contributed by atoms with Crippen molar-refractivity contribution in [3.05, 3.63) is 41.1 Å². The second kappa shape index (κ2) is 5.28. The normalized spacial score (nSPS) is 25.9. The van der Waals surface area contributed by atoms with Gasteiger partial charge in [-0.25, -0.2) is 14.8 Å². The maximum atomic E-state index is 12.4. The van der Waals surface area contributed by atoms with Gasteiger partial charge < -0.3 is 5.11 Å². The van der Waals surface area contributed by atoms with E-state index in [9.17, 15) is 9.90 Å². The first-order valence-corrected chi connectivity index (χ1v) is 8.85. The van der Waals surface area contributed by atoms with Crippen molar-refractivity contribution >= 4 is 23.2 Å². The molecule has 0 bridgehead atoms. The van der Waals surface area contributed by atoms with Gasteiger partial charge in [0.1, 0.15) is 0 Å². The Kier molecular flexibility index (Phi) is 3.39. The van der Waals surface area contributed by atoms with Crippen LogP contribution >= 0.6 is 0 Å². The Labute approximate surface area is 147 Å². The number of amidine groups is 1. The fraction of sp³-hybridized carbons (Fsp3) is 0.450. The molecule has 1 aliphatic carbocycles. The first-order valence-electron chi connectivity index (χ1n) is 8.85. The van der Waals surface area contributed by atoms with Crippen LogP contribution in [0.15, 0.2) is 40.5 Å². The Morgan fingerprint density at radius 3 is 2.68 bits per heavy atom. The summed E-state index contributed by atoms with van der Waals surface area (Å²) in [7, 11) is 0. The summed E-state index contributed by atoms with van der Waals surface area (Å²) in [4.78, 5) is 22.9. The lowest BCUT2D eigenvalue weighted by molar-refractivity contribution is 0.0995. The lowest BCUT2D eigenvalue weighted by Crippen LogP contribution is -2.61. The number of hydrogen-bond acceptors (Lipinski definition) is 3. The second-order valence-corrected chi connectivity index (χ2v) is 7.95. The molecule has 1 aromatic carbocycles. The lowest BCUT2D eigenvalue weighted by atomic mass is 9.63. The molecule has 0 aromatic heterocycles. The van der Waals surface area contributed by atoms with Crippen molar-refractivity contribution in [2.45, 2.75) is 52.0 Å². The molecule has 0 saturated heterocycles. The Bertz CT molecular complexity index is 942. The summed E-state index contributed by atoms with van der Waals surface area (Å²) in [5, 5.41) is 11.9. The molecule has 25 heavy (non-hydrogen) atoms. The predicted octanol–water partition coefficient (Wildman–Crippen LogP) is 3.24. The van der Waals surface area contributed by atoms with E-state index >= 15 is 0 Å². The van der Waals surface area contributed by atoms with Crippen LogP contribution in [0.4, 0.5) is 10.5 Å². The molecule has 3 aliphatic rings. The van der Waals surface area contributed by atoms with Crippen LogP contribution in [0.25, 0.3) is 5.57 Å². The van der Waals surface area contributed by atoms with Crippen LogP contribution in [-0.4, -0.2) is 22.6 Å². The third-order valence-electron chi connectivity index (χ3n) is 6.29. The van der Waals surface area contributed by atoms with E-state index in [1.807, 2.05) is 24.3 Å². The molecule has 1 N–H and O–H groups in total. The molecule has 1 amide bonds. The van der Waals surface area contributed by atoms with Crippen molar-refractivity contribution in [3.63, 3.8) is 0 Å². The minimum atomic E-state index is -0.904. The predicted molar refractivity (Wildman–Crippen MR) is 98.4 cm³/mol. The molecule has 4 rings (SSSR count). The maximum absolute atomic E-state index is 12.4. The summed E-state index contributed by atoms with van der Waals surface area (Å²) < 4.78 is 0. The van der Waals surface area contributed by atoms with Crippen molar-refractivity contribution < 1.29 is 9.90 Å². The lowest BCUT2D eigenvalue weighted by Gasteiger charge is -2.53. The Balaban J connectivity index is 1.98. The van der Waals surface area contributed by atoms with Crippen LogP contribution in [0.3, 0.4) is 0 Å². The Morgan fingerprint density at radius 1 is 1.20 bits per heavy atom. The highest BCUT2D eigenvalue weighted by atomic mass is 16.4. The highest BCUT2D eigenvalue weighted by molar-refractivity contribution is 6.24. The maximum Gasteiger partial charge on any atom is 0.412 e. The van der Waals surface area contributed by atoms with E-state index in [1.165, 1.54) is 0 Å². The molecule has 1 aromatic rings. The van der Waals surface area contributed by atoms with Gasteiger partial charge in [0.25, 0.3) is 0 Å². The zero-order valence-electron chi connectivity index (χ0n) is 14.9. The van der Waals surface area contributed by atoms with Crippen molar-refractivity contribution in [2.75, 3.05) is 4.90 Å². The van der Waals surface area contributed by atoms with E-state index in [-0.39, 0.29) is 5.41 Å². The van der Waals surface area contributed by atoms with Crippen LogP contribution in [0, 0.1) is 5.41 Å². The molecule has 5 nitrogen and oxygen atoms in total. The van der Waals surface area contributed by atoms with E-state index in [4.69, 9.17) is 0 Å². The highest BCUT2D eigenvalue weighted by Gasteiger charge is 2.50. The summed E-state index contributed by atoms with van der Waals surface area (Å²) in [5.41, 5.74) is 1.08. The van der Waals surface area contributed by atoms with Gasteiger partial charge in [0.2, 0.25) is 0 Å². The Morgan fingerprint density at radius 2 is 1.96 bits per heavy atom. The SMILES string of the molecule is CC1(C)CCCCC1(C)N(C(=O)O)c1cccc2c1=C1C=CN=C1N=2. The molecule has 0 spiro atoms. The summed E-state index contributed by atoms with van der Waals surface area (Å²) in [6.45, 7) is 6.46. The third-order valence-corrected chi connectivity index (χ3v) is 6.29. The van der Waals surface area contributed by atoms with Crippen LogP contribution in [0.1, 0.15) is 46.5 Å². The number of carbonyl (C=O) groups is 1. The molecule has 1 saturated carbocycles. The molecule has 1 fully saturated rings. The topological polar surface area (TPSA) is 65.3 Å². The van der Waals surface area contributed by atoms with E-state index in [0.717, 1.165) is 47.5 Å². The molecule has 0 radical (unpaired) electrons. The fourth-order valence-electron chi connectivity index (χ4n) is 4.45. The van der Waals surface area contributed by atoms with Gasteiger partial charge in [-0.05, 0) is 43.4 Å². The van der Waals surface area contributed by atoms with Crippen molar-refractivity contribution in [1.82, 2.24) is 0 Å². The summed E-state index contributed by atoms with van der Waals surface area (Å²) >= 11 is 0. The summed E-state index contributed by atoms with van der Waals surface area (Å²) in [6.07, 6.45) is 6.82. The molecular formula is C20H23N3O2. The van der Waals surface area contributed by atoms with Gasteiger partial charge in [0, 0.05) is 17.0 Å². The Hall–Kier alpha value is -2.43. The number of rotatable bonds is 2. The molecular weight excluding hydrogens is 314 g/mol. The first-order chi connectivity index (χ1) is 11.8. The van der Waals surface area contributed by atoms with Gasteiger partial charge in [-0.15, -0.1) is 0 Å². The van der Waals surface area contributed by atoms with Gasteiger partial charge in [0.15, 0.2) is 5.84 Å². The van der Waals surface area contributed by atoms with Gasteiger partial charge in [0.05, 0.1) is 16.6 Å². The molecule has 1 unspecified atom stereocenters. The third kappa shape index (κ3) is 2.18. The quantitative estimate of drug-likeness (QED) is 0.900. The largest absolute Gasteiger partial charge is 0.465 e. The molecule has 5 heteroatoms. The zero-order chi connectivity index (χ0) is 17.8. The smallest absolute Gasteiger partial charge is 0.412 e. The minimum absolute atomic E-state index is 0.102. The van der Waals surface area contributed by atoms with Gasteiger partial charge >= 0.3 is 6.09 Å². The van der Waals surface area contributed by atoms with E-state index in [2.05, 4.69) is 30.8 Å². The molecule has 2 heterocycles. The number of nitrogens with zero attached hydrogens (tertiary/aromatic N) is 3. The van der Waals surface area contributed by atoms with E-state index in [1.54, 1.807) is 11.1 Å². The number of fused-ring (bicyclic) bond motifs is 2. The minimum Gasteiger partial charge on any atom is -0.465 e. The average molecular weight is 337 g/mol. The van der Waals surface area contributed by atoms with Gasteiger partial charge in [-0.2, -0.15) is 0 Å². The molecule has 1 atom stereocenters. The first kappa shape index (κ1) is 16.1. The number of carboxylic acid groups (broad SMARTS) is 1. The number of hydrogen-bond donors (Lipinski definition) is 1. The second-order valence-electron chi connectivity index (χ2n) is 7.95. The number of amides is 1. The number of aliphatic imine (C=N–C) groups is 1. The number of benzene rings is 1. The highest BCUT2D eigenvalue weighted by Crippen LogP contribution is 2.48. The van der Waals surface area contributed by atoms with E-state index < -0.39 is 11.6 Å². The fourth-order valence-corrected chi connectivity index (χ4v) is 4.45. The van der Waals surface area contributed by atoms with Gasteiger partial charge in [-0.3, -0.25) is 4.90 Å².